The molecular weight excluding hydrogens is 1050 g/mol. The van der Waals surface area contributed by atoms with E-state index in [0.29, 0.717) is 48.0 Å². The lowest BCUT2D eigenvalue weighted by molar-refractivity contribution is -0.390. The smallest absolute Gasteiger partial charge is 0.406 e. The van der Waals surface area contributed by atoms with Crippen molar-refractivity contribution in [2.45, 2.75) is 141 Å². The van der Waals surface area contributed by atoms with E-state index in [4.69, 9.17) is 39.1 Å². The minimum atomic E-state index is -0.702. The van der Waals surface area contributed by atoms with Gasteiger partial charge in [0.1, 0.15) is 42.0 Å². The normalized spacial score (nSPS) is 18.7. The van der Waals surface area contributed by atoms with Crippen molar-refractivity contribution >= 4 is 34.3 Å². The highest BCUT2D eigenvalue weighted by atomic mass is 32.1. The second-order valence-corrected chi connectivity index (χ2v) is 23.8. The van der Waals surface area contributed by atoms with Gasteiger partial charge in [-0.25, -0.2) is 24.9 Å². The first kappa shape index (κ1) is 58.2. The highest BCUT2D eigenvalue weighted by Crippen LogP contribution is 2.39. The molecule has 2 N–H and O–H groups in total. The molecule has 422 valence electrons. The molecule has 10 heterocycles. The summed E-state index contributed by atoms with van der Waals surface area (Å²) in [5.41, 5.74) is 9.45. The van der Waals surface area contributed by atoms with Crippen LogP contribution >= 0.6 is 22.7 Å². The Morgan fingerprint density at radius 2 is 1.10 bits per heavy atom. The molecule has 0 bridgehead atoms. The van der Waals surface area contributed by atoms with Crippen LogP contribution in [0.3, 0.4) is 0 Å². The Balaban J connectivity index is 0.000000194. The average molecular weight is 1130 g/mol. The van der Waals surface area contributed by atoms with E-state index in [0.717, 1.165) is 134 Å². The Morgan fingerprint density at radius 3 is 1.56 bits per heavy atom. The molecular formula is C60H72N10O8S2. The lowest BCUT2D eigenvalue weighted by Gasteiger charge is -2.29. The maximum atomic E-state index is 11.7. The molecule has 2 atom stereocenters. The largest absolute Gasteiger partial charge is 0.485 e. The lowest BCUT2D eigenvalue weighted by Crippen LogP contribution is -2.33. The zero-order valence-corrected chi connectivity index (χ0v) is 48.3. The molecule has 4 saturated heterocycles. The quantitative estimate of drug-likeness (QED) is 0.0576. The molecule has 80 heavy (non-hydrogen) atoms. The maximum Gasteiger partial charge on any atom is 0.406 e. The van der Waals surface area contributed by atoms with E-state index in [2.05, 4.69) is 72.5 Å². The predicted octanol–water partition coefficient (Wildman–Crippen LogP) is 10.8. The molecule has 4 aliphatic rings. The summed E-state index contributed by atoms with van der Waals surface area (Å²) in [4.78, 5) is 44.5. The number of nitrogen functional groups attached to an aromatic ring is 1. The number of aromatic nitrogens is 6. The van der Waals surface area contributed by atoms with Crippen molar-refractivity contribution in [1.29, 1.82) is 0 Å². The van der Waals surface area contributed by atoms with Crippen LogP contribution in [-0.2, 0) is 32.2 Å². The molecule has 0 radical (unpaired) electrons. The van der Waals surface area contributed by atoms with Crippen LogP contribution in [0.2, 0.25) is 0 Å². The summed E-state index contributed by atoms with van der Waals surface area (Å²) < 4.78 is 35.5. The molecule has 0 saturated carbocycles. The Labute approximate surface area is 477 Å². The van der Waals surface area contributed by atoms with E-state index < -0.39 is 16.1 Å². The van der Waals surface area contributed by atoms with Gasteiger partial charge in [0.15, 0.2) is 24.1 Å². The van der Waals surface area contributed by atoms with Gasteiger partial charge in [-0.1, -0.05) is 11.8 Å². The fourth-order valence-electron chi connectivity index (χ4n) is 9.59. The standard InChI is InChI=1S/C30H35N5O5S.C30H37N5O3S/c1-30(2,40-27-6-4-5-15-38-27)11-7-24-16-21(8-12-31-24)20-39-25-17-23(18-32-28(25)35(36)37)26-19-33-29(41-26)22-9-13-34(3)14-10-22;1-30(2,38-27-6-4-5-15-36-27)11-7-24-16-21(8-12-32-24)20-37-25-17-23(18-33-28(25)31)26-19-34-29(39-26)22-9-13-35(3)14-10-22/h8,12,16-19,22,27H,4-6,9-10,13-15,20H2,1-3H3;8,12,16-19,22,27H,4-6,9-10,13-15,20H2,1-3H3,(H2,31,33). The number of nitrogens with zero attached hydrogens (tertiary/aromatic N) is 9. The first-order valence-electron chi connectivity index (χ1n) is 27.6. The molecule has 0 amide bonds. The summed E-state index contributed by atoms with van der Waals surface area (Å²) in [5.74, 6) is 14.2. The van der Waals surface area contributed by atoms with Crippen LogP contribution in [0.15, 0.2) is 73.6 Å². The minimum absolute atomic E-state index is 0.0997. The van der Waals surface area contributed by atoms with Crippen LogP contribution in [-0.4, -0.2) is 122 Å². The van der Waals surface area contributed by atoms with E-state index >= 15 is 0 Å². The van der Waals surface area contributed by atoms with Crippen molar-refractivity contribution in [2.24, 2.45) is 0 Å². The van der Waals surface area contributed by atoms with Gasteiger partial charge in [0, 0.05) is 73.2 Å². The third-order valence-corrected chi connectivity index (χ3v) is 16.6. The summed E-state index contributed by atoms with van der Waals surface area (Å²) in [5, 5.41) is 14.0. The van der Waals surface area contributed by atoms with Gasteiger partial charge in [-0.05, 0) is 195 Å². The minimum Gasteiger partial charge on any atom is -0.485 e. The van der Waals surface area contributed by atoms with Gasteiger partial charge in [-0.2, -0.15) is 0 Å². The first-order chi connectivity index (χ1) is 38.6. The van der Waals surface area contributed by atoms with E-state index in [9.17, 15) is 10.1 Å². The van der Waals surface area contributed by atoms with Crippen LogP contribution in [0.4, 0.5) is 11.6 Å². The van der Waals surface area contributed by atoms with Gasteiger partial charge >= 0.3 is 5.82 Å². The molecule has 0 aromatic carbocycles. The number of pyridine rings is 4. The number of thiazole rings is 2. The van der Waals surface area contributed by atoms with Crippen LogP contribution in [0.1, 0.15) is 136 Å². The topological polar surface area (TPSA) is 208 Å². The molecule has 6 aromatic heterocycles. The van der Waals surface area contributed by atoms with Crippen molar-refractivity contribution in [3.05, 3.63) is 116 Å². The Kier molecular flexibility index (Phi) is 19.9. The first-order valence-corrected chi connectivity index (χ1v) is 29.2. The van der Waals surface area contributed by atoms with E-state index in [1.807, 2.05) is 58.3 Å². The number of hydrogen-bond donors (Lipinski definition) is 1. The zero-order valence-electron chi connectivity index (χ0n) is 46.7. The second-order valence-electron chi connectivity index (χ2n) is 21.7. The summed E-state index contributed by atoms with van der Waals surface area (Å²) in [7, 11) is 4.31. The van der Waals surface area contributed by atoms with Crippen LogP contribution in [0, 0.1) is 33.8 Å². The lowest BCUT2D eigenvalue weighted by atomic mass is 9.98. The van der Waals surface area contributed by atoms with Crippen molar-refractivity contribution in [3.63, 3.8) is 0 Å². The van der Waals surface area contributed by atoms with Gasteiger partial charge < -0.3 is 54.1 Å². The Bertz CT molecular complexity index is 3150. The summed E-state index contributed by atoms with van der Waals surface area (Å²) in [6.07, 6.45) is 20.6. The molecule has 4 aliphatic heterocycles. The van der Waals surface area contributed by atoms with Gasteiger partial charge in [0.05, 0.1) is 19.8 Å². The number of piperidine rings is 2. The van der Waals surface area contributed by atoms with Crippen LogP contribution < -0.4 is 15.2 Å². The maximum absolute atomic E-state index is 11.7. The fraction of sp³-hybridized carbons (Fsp3) is 0.500. The third kappa shape index (κ3) is 16.8. The molecule has 6 aromatic rings. The van der Waals surface area contributed by atoms with Gasteiger partial charge in [-0.15, -0.1) is 22.7 Å². The number of anilines is 1. The van der Waals surface area contributed by atoms with Crippen molar-refractivity contribution in [2.75, 3.05) is 59.2 Å². The SMILES string of the molecule is CN1CCC(c2ncc(-c3cnc(N)c(OCc4ccnc(C#CC(C)(C)OC5CCCCO5)c4)c3)s2)CC1.CN1CCC(c2ncc(-c3cnc([N+](=O)[O-])c(OCc4ccnc(C#CC(C)(C)OC5CCCCO5)c4)c3)s2)CC1. The Morgan fingerprint density at radius 1 is 0.637 bits per heavy atom. The summed E-state index contributed by atoms with van der Waals surface area (Å²) in [6.45, 7) is 13.9. The molecule has 2 unspecified atom stereocenters. The number of nitro groups is 1. The second kappa shape index (κ2) is 27.3. The summed E-state index contributed by atoms with van der Waals surface area (Å²) >= 11 is 3.35. The fourth-order valence-corrected chi connectivity index (χ4v) is 11.7. The molecule has 0 spiro atoms. The van der Waals surface area contributed by atoms with E-state index in [1.165, 1.54) is 11.2 Å². The van der Waals surface area contributed by atoms with E-state index in [-0.39, 0.29) is 30.8 Å². The molecule has 0 aliphatic carbocycles. The number of ether oxygens (including phenoxy) is 6. The third-order valence-electron chi connectivity index (χ3n) is 14.2. The van der Waals surface area contributed by atoms with Gasteiger partial charge in [0.25, 0.3) is 0 Å². The van der Waals surface area contributed by atoms with Gasteiger partial charge in [0.2, 0.25) is 5.75 Å². The number of nitrogens with two attached hydrogens (primary N) is 1. The molecule has 10 rings (SSSR count). The summed E-state index contributed by atoms with van der Waals surface area (Å²) in [6, 6.07) is 11.1. The van der Waals surface area contributed by atoms with Crippen LogP contribution in [0.25, 0.3) is 20.9 Å². The monoisotopic (exact) mass is 1120 g/mol. The number of likely N-dealkylation sites (tertiary alicyclic amines) is 2. The average Bonchev–Trinajstić information content (AvgIpc) is 4.17. The Hall–Kier alpha value is -6.46. The predicted molar refractivity (Wildman–Crippen MR) is 309 cm³/mol. The highest BCUT2D eigenvalue weighted by molar-refractivity contribution is 7.15. The van der Waals surface area contributed by atoms with Gasteiger partial charge in [-0.3, -0.25) is 0 Å². The van der Waals surface area contributed by atoms with Crippen molar-refractivity contribution in [3.8, 4) is 56.1 Å². The highest BCUT2D eigenvalue weighted by Gasteiger charge is 2.28. The van der Waals surface area contributed by atoms with Crippen molar-refractivity contribution < 1.29 is 33.3 Å². The molecule has 4 fully saturated rings. The van der Waals surface area contributed by atoms with Crippen molar-refractivity contribution in [1.82, 2.24) is 39.7 Å². The van der Waals surface area contributed by atoms with E-state index in [1.54, 1.807) is 59.5 Å². The number of rotatable bonds is 15. The number of hydrogen-bond acceptors (Lipinski definition) is 19. The zero-order chi connectivity index (χ0) is 56.1. The van der Waals surface area contributed by atoms with Crippen LogP contribution in [0.5, 0.6) is 11.5 Å². The molecule has 20 heteroatoms. The molecule has 18 nitrogen and oxygen atoms in total.